The molecule has 0 saturated heterocycles. The van der Waals surface area contributed by atoms with Crippen LogP contribution in [0.1, 0.15) is 32.3 Å². The van der Waals surface area contributed by atoms with Crippen molar-refractivity contribution in [2.24, 2.45) is 5.73 Å². The van der Waals surface area contributed by atoms with E-state index in [0.717, 1.165) is 18.4 Å². The summed E-state index contributed by atoms with van der Waals surface area (Å²) in [6, 6.07) is 6.21. The average molecular weight is 310 g/mol. The Kier molecular flexibility index (Phi) is 7.05. The van der Waals surface area contributed by atoms with Gasteiger partial charge in [0.15, 0.2) is 0 Å². The van der Waals surface area contributed by atoms with Crippen LogP contribution < -0.4 is 11.1 Å². The second-order valence-electron chi connectivity index (χ2n) is 5.29. The lowest BCUT2D eigenvalue weighted by Crippen LogP contribution is -2.47. The molecule has 118 valence electrons. The molecule has 1 rings (SSSR count). The van der Waals surface area contributed by atoms with Crippen molar-refractivity contribution in [2.45, 2.75) is 43.9 Å². The molecule has 0 saturated carbocycles. The second-order valence-corrected chi connectivity index (χ2v) is 6.56. The molecule has 0 unspecified atom stereocenters. The number of hydrogen-bond acceptors (Lipinski definition) is 4. The summed E-state index contributed by atoms with van der Waals surface area (Å²) in [5, 5.41) is 12.2. The molecule has 4 N–H and O–H groups in total. The maximum absolute atomic E-state index is 12.1. The van der Waals surface area contributed by atoms with Gasteiger partial charge in [0.2, 0.25) is 5.91 Å². The van der Waals surface area contributed by atoms with Crippen molar-refractivity contribution in [3.8, 4) is 5.75 Å². The predicted octanol–water partition coefficient (Wildman–Crippen LogP) is 2.30. The molecule has 1 aromatic rings. The third-order valence-corrected chi connectivity index (χ3v) is 5.62. The van der Waals surface area contributed by atoms with Gasteiger partial charge in [-0.25, -0.2) is 0 Å². The van der Waals surface area contributed by atoms with Crippen molar-refractivity contribution in [3.05, 3.63) is 29.8 Å². The summed E-state index contributed by atoms with van der Waals surface area (Å²) < 4.78 is 0.0912. The number of rotatable bonds is 8. The van der Waals surface area contributed by atoms with Crippen LogP contribution >= 0.6 is 11.8 Å². The Hall–Kier alpha value is -1.20. The van der Waals surface area contributed by atoms with Crippen LogP contribution in [-0.2, 0) is 11.2 Å². The van der Waals surface area contributed by atoms with Crippen LogP contribution in [0, 0.1) is 0 Å². The standard InChI is InChI=1S/C16H26N2O2S/c1-4-16(5-2,21-3)11-18-15(20)14(17)10-12-6-8-13(19)9-7-12/h6-9,14,19H,4-5,10-11,17H2,1-3H3,(H,18,20)/t14-/m0/s1. The molecule has 1 atom stereocenters. The summed E-state index contributed by atoms with van der Waals surface area (Å²) in [4.78, 5) is 12.1. The van der Waals surface area contributed by atoms with Gasteiger partial charge in [-0.05, 0) is 43.2 Å². The SMILES string of the molecule is CCC(CC)(CNC(=O)[C@@H](N)Cc1ccc(O)cc1)SC. The fraction of sp³-hybridized carbons (Fsp3) is 0.562. The minimum Gasteiger partial charge on any atom is -0.508 e. The van der Waals surface area contributed by atoms with Crippen LogP contribution in [0.4, 0.5) is 0 Å². The Morgan fingerprint density at radius 1 is 1.33 bits per heavy atom. The summed E-state index contributed by atoms with van der Waals surface area (Å²) in [7, 11) is 0. The number of nitrogens with two attached hydrogens (primary N) is 1. The summed E-state index contributed by atoms with van der Waals surface area (Å²) in [6.07, 6.45) is 4.57. The van der Waals surface area contributed by atoms with Crippen molar-refractivity contribution in [1.82, 2.24) is 5.32 Å². The van der Waals surface area contributed by atoms with Gasteiger partial charge in [0.25, 0.3) is 0 Å². The third kappa shape index (κ3) is 5.25. The van der Waals surface area contributed by atoms with Gasteiger partial charge < -0.3 is 16.2 Å². The predicted molar refractivity (Wildman–Crippen MR) is 89.6 cm³/mol. The highest BCUT2D eigenvalue weighted by atomic mass is 32.2. The van der Waals surface area contributed by atoms with E-state index in [1.807, 2.05) is 0 Å². The van der Waals surface area contributed by atoms with Gasteiger partial charge in [0.05, 0.1) is 6.04 Å². The zero-order valence-electron chi connectivity index (χ0n) is 13.1. The summed E-state index contributed by atoms with van der Waals surface area (Å²) >= 11 is 1.79. The molecule has 5 heteroatoms. The molecule has 1 aromatic carbocycles. The van der Waals surface area contributed by atoms with Crippen LogP contribution in [0.25, 0.3) is 0 Å². The highest BCUT2D eigenvalue weighted by Crippen LogP contribution is 2.29. The minimum atomic E-state index is -0.567. The summed E-state index contributed by atoms with van der Waals surface area (Å²) in [5.41, 5.74) is 6.90. The van der Waals surface area contributed by atoms with E-state index in [0.29, 0.717) is 13.0 Å². The van der Waals surface area contributed by atoms with Crippen molar-refractivity contribution in [3.63, 3.8) is 0 Å². The lowest BCUT2D eigenvalue weighted by molar-refractivity contribution is -0.122. The quantitative estimate of drug-likeness (QED) is 0.689. The molecule has 21 heavy (non-hydrogen) atoms. The Morgan fingerprint density at radius 2 is 1.90 bits per heavy atom. The summed E-state index contributed by atoms with van der Waals surface area (Å²) in [6.45, 7) is 4.92. The van der Waals surface area contributed by atoms with E-state index in [2.05, 4.69) is 25.4 Å². The molecule has 0 aliphatic heterocycles. The maximum Gasteiger partial charge on any atom is 0.237 e. The van der Waals surface area contributed by atoms with E-state index < -0.39 is 6.04 Å². The Bertz CT molecular complexity index is 436. The minimum absolute atomic E-state index is 0.0912. The number of amides is 1. The van der Waals surface area contributed by atoms with Gasteiger partial charge in [-0.15, -0.1) is 0 Å². The molecule has 0 fully saturated rings. The highest BCUT2D eigenvalue weighted by molar-refractivity contribution is 8.00. The smallest absolute Gasteiger partial charge is 0.237 e. The van der Waals surface area contributed by atoms with E-state index in [1.54, 1.807) is 36.0 Å². The normalized spacial score (nSPS) is 13.0. The van der Waals surface area contributed by atoms with Gasteiger partial charge in [0, 0.05) is 11.3 Å². The lowest BCUT2D eigenvalue weighted by Gasteiger charge is -2.30. The lowest BCUT2D eigenvalue weighted by atomic mass is 10.0. The molecular formula is C16H26N2O2S. The zero-order valence-corrected chi connectivity index (χ0v) is 13.9. The largest absolute Gasteiger partial charge is 0.508 e. The number of phenols is 1. The first-order valence-corrected chi connectivity index (χ1v) is 8.55. The molecular weight excluding hydrogens is 284 g/mol. The number of benzene rings is 1. The second kappa shape index (κ2) is 8.29. The molecule has 4 nitrogen and oxygen atoms in total. The number of aromatic hydroxyl groups is 1. The average Bonchev–Trinajstić information content (AvgIpc) is 2.51. The highest BCUT2D eigenvalue weighted by Gasteiger charge is 2.26. The molecule has 1 amide bonds. The first-order valence-electron chi connectivity index (χ1n) is 7.32. The van der Waals surface area contributed by atoms with Crippen LogP contribution in [0.3, 0.4) is 0 Å². The van der Waals surface area contributed by atoms with Gasteiger partial charge in [-0.1, -0.05) is 26.0 Å². The molecule has 0 aromatic heterocycles. The van der Waals surface area contributed by atoms with Crippen molar-refractivity contribution in [1.29, 1.82) is 0 Å². The first-order chi connectivity index (χ1) is 9.96. The van der Waals surface area contributed by atoms with Crippen LogP contribution in [0.15, 0.2) is 24.3 Å². The van der Waals surface area contributed by atoms with Crippen molar-refractivity contribution in [2.75, 3.05) is 12.8 Å². The zero-order chi connectivity index (χ0) is 15.9. The molecule has 0 aliphatic rings. The van der Waals surface area contributed by atoms with E-state index in [9.17, 15) is 9.90 Å². The topological polar surface area (TPSA) is 75.4 Å². The third-order valence-electron chi connectivity index (χ3n) is 4.04. The Balaban J connectivity index is 2.53. The number of carbonyl (C=O) groups is 1. The van der Waals surface area contributed by atoms with E-state index in [4.69, 9.17) is 5.73 Å². The number of carbonyl (C=O) groups excluding carboxylic acids is 1. The van der Waals surface area contributed by atoms with Gasteiger partial charge in [-0.2, -0.15) is 11.8 Å². The fourth-order valence-electron chi connectivity index (χ4n) is 2.22. The van der Waals surface area contributed by atoms with E-state index in [1.165, 1.54) is 0 Å². The fourth-order valence-corrected chi connectivity index (χ4v) is 3.01. The van der Waals surface area contributed by atoms with Crippen molar-refractivity contribution >= 4 is 17.7 Å². The molecule has 0 spiro atoms. The number of nitrogens with one attached hydrogen (secondary N) is 1. The molecule has 0 radical (unpaired) electrons. The Morgan fingerprint density at radius 3 is 2.38 bits per heavy atom. The number of phenolic OH excluding ortho intramolecular Hbond substituents is 1. The van der Waals surface area contributed by atoms with E-state index in [-0.39, 0.29) is 16.4 Å². The van der Waals surface area contributed by atoms with Crippen LogP contribution in [-0.4, -0.2) is 34.6 Å². The van der Waals surface area contributed by atoms with Crippen molar-refractivity contribution < 1.29 is 9.90 Å². The Labute approximate surface area is 131 Å². The van der Waals surface area contributed by atoms with Gasteiger partial charge >= 0.3 is 0 Å². The molecule has 0 bridgehead atoms. The number of thioether (sulfide) groups is 1. The monoisotopic (exact) mass is 310 g/mol. The van der Waals surface area contributed by atoms with Gasteiger partial charge in [0.1, 0.15) is 5.75 Å². The molecule has 0 heterocycles. The number of hydrogen-bond donors (Lipinski definition) is 3. The summed E-state index contributed by atoms with van der Waals surface area (Å²) in [5.74, 6) is 0.0934. The first kappa shape index (κ1) is 17.9. The van der Waals surface area contributed by atoms with Gasteiger partial charge in [-0.3, -0.25) is 4.79 Å². The van der Waals surface area contributed by atoms with Crippen LogP contribution in [0.2, 0.25) is 0 Å². The van der Waals surface area contributed by atoms with Crippen LogP contribution in [0.5, 0.6) is 5.75 Å². The van der Waals surface area contributed by atoms with E-state index >= 15 is 0 Å². The maximum atomic E-state index is 12.1. The molecule has 0 aliphatic carbocycles.